The molecule has 19 heavy (non-hydrogen) atoms. The summed E-state index contributed by atoms with van der Waals surface area (Å²) < 4.78 is 33.7. The molecule has 0 fully saturated rings. The number of methoxy groups -OCH3 is 1. The third-order valence-corrected chi connectivity index (χ3v) is 2.63. The molecular weight excluding hydrogens is 254 g/mol. The molecule has 0 N–H and O–H groups in total. The maximum Gasteiger partial charge on any atom is 0.338 e. The van der Waals surface area contributed by atoms with E-state index in [1.165, 1.54) is 0 Å². The number of unbranched alkanes of at least 4 members (excludes halogenated alkanes) is 2. The molecule has 0 aliphatic rings. The molecule has 0 saturated heterocycles. The summed E-state index contributed by atoms with van der Waals surface area (Å²) in [5.41, 5.74) is 0.452. The predicted octanol–water partition coefficient (Wildman–Crippen LogP) is 3.68. The Hall–Kier alpha value is -1.65. The van der Waals surface area contributed by atoms with Crippen molar-refractivity contribution in [2.45, 2.75) is 32.1 Å². The van der Waals surface area contributed by atoms with Crippen LogP contribution in [0.4, 0.5) is 8.78 Å². The Balaban J connectivity index is 2.20. The van der Waals surface area contributed by atoms with Crippen molar-refractivity contribution in [2.24, 2.45) is 0 Å². The zero-order valence-electron chi connectivity index (χ0n) is 10.9. The molecule has 0 aromatic heterocycles. The highest BCUT2D eigenvalue weighted by molar-refractivity contribution is 5.89. The monoisotopic (exact) mass is 272 g/mol. The minimum Gasteiger partial charge on any atom is -0.497 e. The van der Waals surface area contributed by atoms with Crippen LogP contribution in [0.25, 0.3) is 0 Å². The molecule has 0 saturated carbocycles. The van der Waals surface area contributed by atoms with Gasteiger partial charge in [0.05, 0.1) is 19.3 Å². The van der Waals surface area contributed by atoms with Crippen molar-refractivity contribution in [3.05, 3.63) is 29.8 Å². The van der Waals surface area contributed by atoms with Crippen LogP contribution in [0, 0.1) is 0 Å². The number of esters is 1. The zero-order valence-corrected chi connectivity index (χ0v) is 10.9. The number of hydrogen-bond donors (Lipinski definition) is 0. The lowest BCUT2D eigenvalue weighted by molar-refractivity contribution is 0.0494. The maximum atomic E-state index is 11.9. The molecule has 0 aliphatic carbocycles. The van der Waals surface area contributed by atoms with E-state index in [-0.39, 0.29) is 13.0 Å². The van der Waals surface area contributed by atoms with Gasteiger partial charge in [0.1, 0.15) is 5.75 Å². The quantitative estimate of drug-likeness (QED) is 0.535. The Morgan fingerprint density at radius 2 is 1.84 bits per heavy atom. The Morgan fingerprint density at radius 3 is 2.42 bits per heavy atom. The topological polar surface area (TPSA) is 35.5 Å². The van der Waals surface area contributed by atoms with Crippen molar-refractivity contribution in [3.63, 3.8) is 0 Å². The van der Waals surface area contributed by atoms with Gasteiger partial charge in [0.25, 0.3) is 0 Å². The van der Waals surface area contributed by atoms with Gasteiger partial charge in [-0.1, -0.05) is 0 Å². The number of halogens is 2. The van der Waals surface area contributed by atoms with E-state index < -0.39 is 12.4 Å². The summed E-state index contributed by atoms with van der Waals surface area (Å²) in [7, 11) is 1.55. The van der Waals surface area contributed by atoms with Crippen molar-refractivity contribution in [1.29, 1.82) is 0 Å². The number of rotatable bonds is 8. The van der Waals surface area contributed by atoms with Crippen LogP contribution in [-0.2, 0) is 4.74 Å². The van der Waals surface area contributed by atoms with Gasteiger partial charge < -0.3 is 9.47 Å². The molecule has 0 heterocycles. The fraction of sp³-hybridized carbons (Fsp3) is 0.500. The normalized spacial score (nSPS) is 10.5. The lowest BCUT2D eigenvalue weighted by Gasteiger charge is -2.05. The number of benzene rings is 1. The predicted molar refractivity (Wildman–Crippen MR) is 67.7 cm³/mol. The van der Waals surface area contributed by atoms with Crippen LogP contribution < -0.4 is 4.74 Å². The number of ether oxygens (including phenoxy) is 2. The maximum absolute atomic E-state index is 11.9. The van der Waals surface area contributed by atoms with Crippen LogP contribution in [-0.4, -0.2) is 26.1 Å². The third kappa shape index (κ3) is 6.18. The van der Waals surface area contributed by atoms with Crippen LogP contribution in [0.15, 0.2) is 24.3 Å². The first-order valence-corrected chi connectivity index (χ1v) is 6.23. The van der Waals surface area contributed by atoms with Crippen molar-refractivity contribution >= 4 is 5.97 Å². The van der Waals surface area contributed by atoms with E-state index in [2.05, 4.69) is 0 Å². The van der Waals surface area contributed by atoms with E-state index in [0.29, 0.717) is 30.6 Å². The van der Waals surface area contributed by atoms with Crippen molar-refractivity contribution in [1.82, 2.24) is 0 Å². The van der Waals surface area contributed by atoms with E-state index in [0.717, 1.165) is 0 Å². The largest absolute Gasteiger partial charge is 0.497 e. The van der Waals surface area contributed by atoms with E-state index >= 15 is 0 Å². The second-order valence-corrected chi connectivity index (χ2v) is 4.10. The van der Waals surface area contributed by atoms with Gasteiger partial charge in [0, 0.05) is 6.42 Å². The van der Waals surface area contributed by atoms with Gasteiger partial charge in [0.15, 0.2) is 0 Å². The van der Waals surface area contributed by atoms with E-state index in [1.54, 1.807) is 31.4 Å². The van der Waals surface area contributed by atoms with Gasteiger partial charge in [-0.05, 0) is 43.5 Å². The van der Waals surface area contributed by atoms with Crippen molar-refractivity contribution < 1.29 is 23.0 Å². The van der Waals surface area contributed by atoms with Crippen LogP contribution in [0.5, 0.6) is 5.75 Å². The average molecular weight is 272 g/mol. The van der Waals surface area contributed by atoms with Crippen molar-refractivity contribution in [3.8, 4) is 5.75 Å². The minimum atomic E-state index is -2.25. The fourth-order valence-electron chi connectivity index (χ4n) is 1.55. The molecule has 0 radical (unpaired) electrons. The Bertz CT molecular complexity index is 377. The summed E-state index contributed by atoms with van der Waals surface area (Å²) in [6, 6.07) is 6.61. The Labute approximate surface area is 111 Å². The Morgan fingerprint density at radius 1 is 1.16 bits per heavy atom. The summed E-state index contributed by atoms with van der Waals surface area (Å²) >= 11 is 0. The number of hydrogen-bond acceptors (Lipinski definition) is 3. The van der Waals surface area contributed by atoms with Crippen LogP contribution >= 0.6 is 0 Å². The summed E-state index contributed by atoms with van der Waals surface area (Å²) in [5.74, 6) is 0.264. The fourth-order valence-corrected chi connectivity index (χ4v) is 1.55. The van der Waals surface area contributed by atoms with Gasteiger partial charge in [-0.25, -0.2) is 13.6 Å². The minimum absolute atomic E-state index is 0.0908. The number of alkyl halides is 2. The molecule has 1 aromatic carbocycles. The zero-order chi connectivity index (χ0) is 14.1. The molecule has 5 heteroatoms. The second kappa shape index (κ2) is 8.45. The molecular formula is C14H18F2O3. The SMILES string of the molecule is COc1ccc(C(=O)OCCCCCC(F)F)cc1. The highest BCUT2D eigenvalue weighted by Gasteiger charge is 2.07. The molecule has 0 aliphatic heterocycles. The molecule has 1 rings (SSSR count). The molecule has 3 nitrogen and oxygen atoms in total. The van der Waals surface area contributed by atoms with Gasteiger partial charge >= 0.3 is 5.97 Å². The van der Waals surface area contributed by atoms with Gasteiger partial charge in [-0.15, -0.1) is 0 Å². The summed E-state index contributed by atoms with van der Waals surface area (Å²) in [4.78, 5) is 11.6. The lowest BCUT2D eigenvalue weighted by atomic mass is 10.2. The first kappa shape index (κ1) is 15.4. The van der Waals surface area contributed by atoms with E-state index in [1.807, 2.05) is 0 Å². The second-order valence-electron chi connectivity index (χ2n) is 4.10. The number of carbonyl (C=O) groups is 1. The summed E-state index contributed by atoms with van der Waals surface area (Å²) in [6.45, 7) is 0.258. The van der Waals surface area contributed by atoms with Gasteiger partial charge in [-0.3, -0.25) is 0 Å². The van der Waals surface area contributed by atoms with Crippen molar-refractivity contribution in [2.75, 3.05) is 13.7 Å². The molecule has 0 spiro atoms. The van der Waals surface area contributed by atoms with Crippen LogP contribution in [0.3, 0.4) is 0 Å². The summed E-state index contributed by atoms with van der Waals surface area (Å²) in [5, 5.41) is 0. The molecule has 1 aromatic rings. The number of carbonyl (C=O) groups excluding carboxylic acids is 1. The highest BCUT2D eigenvalue weighted by atomic mass is 19.3. The molecule has 0 unspecified atom stereocenters. The van der Waals surface area contributed by atoms with Crippen LogP contribution in [0.2, 0.25) is 0 Å². The van der Waals surface area contributed by atoms with E-state index in [9.17, 15) is 13.6 Å². The molecule has 0 atom stereocenters. The van der Waals surface area contributed by atoms with Gasteiger partial charge in [0.2, 0.25) is 6.43 Å². The van der Waals surface area contributed by atoms with Gasteiger partial charge in [-0.2, -0.15) is 0 Å². The third-order valence-electron chi connectivity index (χ3n) is 2.63. The smallest absolute Gasteiger partial charge is 0.338 e. The lowest BCUT2D eigenvalue weighted by Crippen LogP contribution is -2.06. The Kier molecular flexibility index (Phi) is 6.85. The average Bonchev–Trinajstić information content (AvgIpc) is 2.42. The standard InChI is InChI=1S/C14H18F2O3/c1-18-12-8-6-11(7-9-12)14(17)19-10-4-2-3-5-13(15)16/h6-9,13H,2-5,10H2,1H3. The first-order chi connectivity index (χ1) is 9.13. The molecule has 106 valence electrons. The molecule has 0 amide bonds. The van der Waals surface area contributed by atoms with Crippen LogP contribution in [0.1, 0.15) is 36.0 Å². The molecule has 0 bridgehead atoms. The summed E-state index contributed by atoms with van der Waals surface area (Å²) in [6.07, 6.45) is -0.638. The first-order valence-electron chi connectivity index (χ1n) is 6.23. The van der Waals surface area contributed by atoms with E-state index in [4.69, 9.17) is 9.47 Å². The highest BCUT2D eigenvalue weighted by Crippen LogP contribution is 2.12.